The number of hydrogen-bond donors (Lipinski definition) is 2. The molecule has 1 aliphatic carbocycles. The summed E-state index contributed by atoms with van der Waals surface area (Å²) < 4.78 is 5.09. The number of hydrogen-bond acceptors (Lipinski definition) is 3. The fourth-order valence-corrected chi connectivity index (χ4v) is 2.86. The smallest absolute Gasteiger partial charge is 0.0462 e. The lowest BCUT2D eigenvalue weighted by Gasteiger charge is -2.36. The predicted octanol–water partition coefficient (Wildman–Crippen LogP) is 2.32. The SMILES string of the molecule is COCCCC(NN)C1CCC(C)C(C)C1. The number of ether oxygens (including phenoxy) is 1. The van der Waals surface area contributed by atoms with E-state index in [-0.39, 0.29) is 0 Å². The van der Waals surface area contributed by atoms with Crippen LogP contribution in [0.15, 0.2) is 0 Å². The molecule has 3 nitrogen and oxygen atoms in total. The Bertz CT molecular complexity index is 187. The summed E-state index contributed by atoms with van der Waals surface area (Å²) in [4.78, 5) is 0. The third kappa shape index (κ3) is 4.04. The van der Waals surface area contributed by atoms with E-state index in [1.54, 1.807) is 7.11 Å². The van der Waals surface area contributed by atoms with Crippen molar-refractivity contribution < 1.29 is 4.74 Å². The molecule has 3 N–H and O–H groups in total. The van der Waals surface area contributed by atoms with Gasteiger partial charge in [0.05, 0.1) is 0 Å². The Morgan fingerprint density at radius 2 is 2.06 bits per heavy atom. The van der Waals surface area contributed by atoms with Crippen molar-refractivity contribution in [2.24, 2.45) is 23.6 Å². The van der Waals surface area contributed by atoms with E-state index >= 15 is 0 Å². The summed E-state index contributed by atoms with van der Waals surface area (Å²) >= 11 is 0. The van der Waals surface area contributed by atoms with Crippen molar-refractivity contribution in [2.45, 2.75) is 52.0 Å². The third-order valence-electron chi connectivity index (χ3n) is 4.29. The quantitative estimate of drug-likeness (QED) is 0.417. The number of hydrazine groups is 1. The van der Waals surface area contributed by atoms with Gasteiger partial charge in [-0.3, -0.25) is 11.3 Å². The van der Waals surface area contributed by atoms with Gasteiger partial charge in [-0.15, -0.1) is 0 Å². The molecule has 1 rings (SSSR count). The molecule has 0 aromatic carbocycles. The molecule has 0 amide bonds. The van der Waals surface area contributed by atoms with E-state index in [1.807, 2.05) is 0 Å². The number of rotatable bonds is 6. The Morgan fingerprint density at radius 1 is 1.31 bits per heavy atom. The van der Waals surface area contributed by atoms with Gasteiger partial charge in [0.25, 0.3) is 0 Å². The Hall–Kier alpha value is -0.120. The molecule has 96 valence electrons. The van der Waals surface area contributed by atoms with Crippen molar-refractivity contribution in [3.8, 4) is 0 Å². The highest BCUT2D eigenvalue weighted by Gasteiger charge is 2.29. The predicted molar refractivity (Wildman–Crippen MR) is 67.9 cm³/mol. The molecule has 1 fully saturated rings. The largest absolute Gasteiger partial charge is 0.385 e. The van der Waals surface area contributed by atoms with E-state index in [9.17, 15) is 0 Å². The van der Waals surface area contributed by atoms with Crippen molar-refractivity contribution in [1.29, 1.82) is 0 Å². The first-order valence-corrected chi connectivity index (χ1v) is 6.64. The van der Waals surface area contributed by atoms with Crippen LogP contribution in [0.3, 0.4) is 0 Å². The molecule has 16 heavy (non-hydrogen) atoms. The summed E-state index contributed by atoms with van der Waals surface area (Å²) in [6.07, 6.45) is 6.24. The third-order valence-corrected chi connectivity index (χ3v) is 4.29. The molecule has 3 heteroatoms. The Labute approximate surface area is 100 Å². The minimum absolute atomic E-state index is 0.477. The molecule has 0 heterocycles. The van der Waals surface area contributed by atoms with E-state index in [4.69, 9.17) is 10.6 Å². The van der Waals surface area contributed by atoms with E-state index in [0.717, 1.165) is 37.2 Å². The maximum absolute atomic E-state index is 5.68. The summed E-state index contributed by atoms with van der Waals surface area (Å²) in [5, 5.41) is 0. The van der Waals surface area contributed by atoms with Crippen molar-refractivity contribution in [3.63, 3.8) is 0 Å². The molecule has 0 spiro atoms. The first-order chi connectivity index (χ1) is 7.69. The van der Waals surface area contributed by atoms with Crippen molar-refractivity contribution in [2.75, 3.05) is 13.7 Å². The first kappa shape index (κ1) is 13.9. The standard InChI is InChI=1S/C13H28N2O/c1-10-6-7-12(9-11(10)2)13(15-14)5-4-8-16-3/h10-13,15H,4-9,14H2,1-3H3. The summed E-state index contributed by atoms with van der Waals surface area (Å²) in [5.74, 6) is 8.16. The van der Waals surface area contributed by atoms with Crippen LogP contribution < -0.4 is 11.3 Å². The minimum atomic E-state index is 0.477. The fourth-order valence-electron chi connectivity index (χ4n) is 2.86. The van der Waals surface area contributed by atoms with Crippen molar-refractivity contribution >= 4 is 0 Å². The molecular formula is C13H28N2O. The van der Waals surface area contributed by atoms with Crippen LogP contribution >= 0.6 is 0 Å². The Kier molecular flexibility index (Phi) is 6.32. The van der Waals surface area contributed by atoms with Crippen molar-refractivity contribution in [1.82, 2.24) is 5.43 Å². The monoisotopic (exact) mass is 228 g/mol. The zero-order chi connectivity index (χ0) is 12.0. The van der Waals surface area contributed by atoms with Gasteiger partial charge in [-0.2, -0.15) is 0 Å². The second kappa shape index (κ2) is 7.25. The van der Waals surface area contributed by atoms with Gasteiger partial charge in [0.15, 0.2) is 0 Å². The van der Waals surface area contributed by atoms with Crippen LogP contribution in [-0.4, -0.2) is 19.8 Å². The highest BCUT2D eigenvalue weighted by Crippen LogP contribution is 2.35. The summed E-state index contributed by atoms with van der Waals surface area (Å²) in [5.41, 5.74) is 3.01. The molecule has 0 aromatic rings. The summed E-state index contributed by atoms with van der Waals surface area (Å²) in [6.45, 7) is 5.59. The maximum Gasteiger partial charge on any atom is 0.0462 e. The summed E-state index contributed by atoms with van der Waals surface area (Å²) in [6, 6.07) is 0.477. The number of nitrogens with one attached hydrogen (secondary N) is 1. The van der Waals surface area contributed by atoms with Crippen LogP contribution in [0, 0.1) is 17.8 Å². The van der Waals surface area contributed by atoms with Crippen LogP contribution in [-0.2, 0) is 4.74 Å². The van der Waals surface area contributed by atoms with Gasteiger partial charge in [0.1, 0.15) is 0 Å². The minimum Gasteiger partial charge on any atom is -0.385 e. The molecule has 0 radical (unpaired) electrons. The highest BCUT2D eigenvalue weighted by atomic mass is 16.5. The van der Waals surface area contributed by atoms with Gasteiger partial charge in [-0.05, 0) is 43.4 Å². The van der Waals surface area contributed by atoms with E-state index in [0.29, 0.717) is 6.04 Å². The molecule has 4 unspecified atom stereocenters. The zero-order valence-corrected chi connectivity index (χ0v) is 11.0. The van der Waals surface area contributed by atoms with Crippen LogP contribution in [0.4, 0.5) is 0 Å². The van der Waals surface area contributed by atoms with E-state index in [2.05, 4.69) is 19.3 Å². The topological polar surface area (TPSA) is 47.3 Å². The molecule has 0 aliphatic heterocycles. The molecular weight excluding hydrogens is 200 g/mol. The summed E-state index contributed by atoms with van der Waals surface area (Å²) in [7, 11) is 1.76. The fraction of sp³-hybridized carbons (Fsp3) is 1.00. The van der Waals surface area contributed by atoms with Gasteiger partial charge >= 0.3 is 0 Å². The normalized spacial score (nSPS) is 32.6. The van der Waals surface area contributed by atoms with Crippen LogP contribution in [0.2, 0.25) is 0 Å². The molecule has 0 saturated heterocycles. The second-order valence-electron chi connectivity index (χ2n) is 5.44. The zero-order valence-electron chi connectivity index (χ0n) is 11.0. The van der Waals surface area contributed by atoms with Gasteiger partial charge in [0.2, 0.25) is 0 Å². The molecule has 1 aliphatic rings. The maximum atomic E-state index is 5.68. The Balaban J connectivity index is 2.34. The molecule has 4 atom stereocenters. The van der Waals surface area contributed by atoms with Gasteiger partial charge < -0.3 is 4.74 Å². The average molecular weight is 228 g/mol. The highest BCUT2D eigenvalue weighted by molar-refractivity contribution is 4.82. The van der Waals surface area contributed by atoms with Crippen LogP contribution in [0.1, 0.15) is 46.0 Å². The van der Waals surface area contributed by atoms with Gasteiger partial charge in [-0.1, -0.05) is 20.3 Å². The van der Waals surface area contributed by atoms with Crippen LogP contribution in [0.5, 0.6) is 0 Å². The lowest BCUT2D eigenvalue weighted by Crippen LogP contribution is -2.43. The average Bonchev–Trinajstić information content (AvgIpc) is 2.29. The van der Waals surface area contributed by atoms with E-state index < -0.39 is 0 Å². The first-order valence-electron chi connectivity index (χ1n) is 6.64. The number of methoxy groups -OCH3 is 1. The van der Waals surface area contributed by atoms with E-state index in [1.165, 1.54) is 19.3 Å². The molecule has 0 aromatic heterocycles. The second-order valence-corrected chi connectivity index (χ2v) is 5.44. The molecule has 1 saturated carbocycles. The van der Waals surface area contributed by atoms with Crippen LogP contribution in [0.25, 0.3) is 0 Å². The number of nitrogens with two attached hydrogens (primary N) is 1. The molecule has 0 bridgehead atoms. The van der Waals surface area contributed by atoms with Gasteiger partial charge in [0, 0.05) is 19.8 Å². The lowest BCUT2D eigenvalue weighted by atomic mass is 9.72. The van der Waals surface area contributed by atoms with Gasteiger partial charge in [-0.25, -0.2) is 0 Å². The van der Waals surface area contributed by atoms with Crippen molar-refractivity contribution in [3.05, 3.63) is 0 Å². The lowest BCUT2D eigenvalue weighted by molar-refractivity contribution is 0.150. The Morgan fingerprint density at radius 3 is 2.62 bits per heavy atom.